The molecule has 37 heavy (non-hydrogen) atoms. The molecular formula is C22H41N9O6. The summed E-state index contributed by atoms with van der Waals surface area (Å²) in [4.78, 5) is 75.7. The number of aliphatic imine (C=N–C) groups is 1. The first-order valence-corrected chi connectivity index (χ1v) is 12.0. The maximum Gasteiger partial charge on any atom is 0.243 e. The minimum absolute atomic E-state index is 0.00535. The second-order valence-corrected chi connectivity index (χ2v) is 9.07. The van der Waals surface area contributed by atoms with Gasteiger partial charge in [-0.3, -0.25) is 29.0 Å². The maximum atomic E-state index is 13.1. The van der Waals surface area contributed by atoms with Gasteiger partial charge in [-0.25, -0.2) is 0 Å². The topological polar surface area (TPSA) is 281 Å². The first-order valence-electron chi connectivity index (χ1n) is 12.0. The number of hydrogen-bond acceptors (Lipinski definition) is 8. The van der Waals surface area contributed by atoms with Gasteiger partial charge in [-0.15, -0.1) is 0 Å². The molecule has 4 atom stereocenters. The molecule has 0 aromatic carbocycles. The van der Waals surface area contributed by atoms with Gasteiger partial charge in [0, 0.05) is 19.4 Å². The molecule has 13 N–H and O–H groups in total. The van der Waals surface area contributed by atoms with E-state index in [0.29, 0.717) is 12.7 Å². The molecular weight excluding hydrogens is 486 g/mol. The number of nitrogens with zero attached hydrogens (tertiary/aromatic N) is 1. The van der Waals surface area contributed by atoms with Gasteiger partial charge in [0.15, 0.2) is 5.96 Å². The second kappa shape index (κ2) is 17.6. The standard InChI is InChI=1S/C22H41N9O6/c1-12(2)10-16(31-19(35)14(23)6-8-18(25)34)21(37)30-15(4-3-9-28-22(26)27)20(36)29-13(11-32)5-7-17(24)33/h11-16H,3-10,23H2,1-2H3,(H2,24,33)(H2,25,34)(H,29,36)(H,30,37)(H,31,35)(H4,26,27,28)/t13-,14-,15-,16-/m0/s1. The summed E-state index contributed by atoms with van der Waals surface area (Å²) in [5.41, 5.74) is 26.6. The van der Waals surface area contributed by atoms with Crippen molar-refractivity contribution in [1.29, 1.82) is 0 Å². The monoisotopic (exact) mass is 527 g/mol. The lowest BCUT2D eigenvalue weighted by Gasteiger charge is -2.26. The van der Waals surface area contributed by atoms with Crippen LogP contribution in [0.5, 0.6) is 0 Å². The Morgan fingerprint density at radius 1 is 0.784 bits per heavy atom. The van der Waals surface area contributed by atoms with E-state index >= 15 is 0 Å². The van der Waals surface area contributed by atoms with E-state index in [9.17, 15) is 28.8 Å². The molecule has 5 amide bonds. The Bertz CT molecular complexity index is 829. The van der Waals surface area contributed by atoms with Crippen LogP contribution >= 0.6 is 0 Å². The Labute approximate surface area is 216 Å². The number of nitrogens with two attached hydrogens (primary N) is 5. The molecule has 15 heteroatoms. The number of aldehydes is 1. The minimum Gasteiger partial charge on any atom is -0.370 e. The van der Waals surface area contributed by atoms with Crippen molar-refractivity contribution in [1.82, 2.24) is 16.0 Å². The van der Waals surface area contributed by atoms with Crippen LogP contribution in [0.15, 0.2) is 4.99 Å². The van der Waals surface area contributed by atoms with Crippen molar-refractivity contribution in [2.24, 2.45) is 39.6 Å². The predicted molar refractivity (Wildman–Crippen MR) is 136 cm³/mol. The largest absolute Gasteiger partial charge is 0.370 e. The van der Waals surface area contributed by atoms with E-state index in [-0.39, 0.29) is 56.9 Å². The summed E-state index contributed by atoms with van der Waals surface area (Å²) in [6.45, 7) is 3.86. The van der Waals surface area contributed by atoms with Crippen LogP contribution in [0.2, 0.25) is 0 Å². The highest BCUT2D eigenvalue weighted by Gasteiger charge is 2.29. The molecule has 0 aliphatic rings. The van der Waals surface area contributed by atoms with Gasteiger partial charge in [-0.05, 0) is 38.0 Å². The molecule has 0 radical (unpaired) electrons. The van der Waals surface area contributed by atoms with E-state index in [1.807, 2.05) is 13.8 Å². The normalized spacial score (nSPS) is 13.9. The number of hydrogen-bond donors (Lipinski definition) is 8. The molecule has 0 fully saturated rings. The summed E-state index contributed by atoms with van der Waals surface area (Å²) in [5, 5.41) is 7.64. The molecule has 210 valence electrons. The van der Waals surface area contributed by atoms with E-state index in [4.69, 9.17) is 28.7 Å². The van der Waals surface area contributed by atoms with Crippen LogP contribution in [0.25, 0.3) is 0 Å². The van der Waals surface area contributed by atoms with Crippen molar-refractivity contribution in [3.05, 3.63) is 0 Å². The van der Waals surface area contributed by atoms with Crippen LogP contribution in [0.3, 0.4) is 0 Å². The number of carbonyl (C=O) groups excluding carboxylic acids is 6. The van der Waals surface area contributed by atoms with E-state index < -0.39 is 53.7 Å². The molecule has 0 aliphatic heterocycles. The van der Waals surface area contributed by atoms with Crippen LogP contribution < -0.4 is 44.6 Å². The molecule has 15 nitrogen and oxygen atoms in total. The van der Waals surface area contributed by atoms with E-state index in [0.717, 1.165) is 0 Å². The number of primary amides is 2. The molecule has 0 spiro atoms. The maximum absolute atomic E-state index is 13.1. The van der Waals surface area contributed by atoms with Crippen LogP contribution in [-0.4, -0.2) is 72.5 Å². The number of amides is 5. The number of nitrogens with one attached hydrogen (secondary N) is 3. The molecule has 0 saturated carbocycles. The molecule has 0 rings (SSSR count). The van der Waals surface area contributed by atoms with E-state index in [1.54, 1.807) is 0 Å². The molecule has 0 aliphatic carbocycles. The van der Waals surface area contributed by atoms with Crippen molar-refractivity contribution in [3.63, 3.8) is 0 Å². The van der Waals surface area contributed by atoms with Crippen LogP contribution in [0.4, 0.5) is 0 Å². The Balaban J connectivity index is 5.54. The molecule has 0 heterocycles. The first kappa shape index (κ1) is 33.2. The first-order chi connectivity index (χ1) is 17.3. The lowest BCUT2D eigenvalue weighted by Crippen LogP contribution is -2.57. The third-order valence-corrected chi connectivity index (χ3v) is 5.15. The van der Waals surface area contributed by atoms with Gasteiger partial charge >= 0.3 is 0 Å². The zero-order chi connectivity index (χ0) is 28.5. The third-order valence-electron chi connectivity index (χ3n) is 5.15. The lowest BCUT2D eigenvalue weighted by molar-refractivity contribution is -0.133. The summed E-state index contributed by atoms with van der Waals surface area (Å²) in [7, 11) is 0. The SMILES string of the molecule is CC(C)C[C@H](NC(=O)[C@@H](N)CCC(N)=O)C(=O)N[C@@H](CCCN=C(N)N)C(=O)N[C@H](C=O)CCC(N)=O. The highest BCUT2D eigenvalue weighted by molar-refractivity contribution is 5.93. The minimum atomic E-state index is -1.10. The van der Waals surface area contributed by atoms with Crippen LogP contribution in [0, 0.1) is 5.92 Å². The number of carbonyl (C=O) groups is 6. The van der Waals surface area contributed by atoms with Crippen molar-refractivity contribution in [2.45, 2.75) is 83.0 Å². The molecule has 0 aromatic heterocycles. The fourth-order valence-electron chi connectivity index (χ4n) is 3.21. The van der Waals surface area contributed by atoms with Gasteiger partial charge in [0.1, 0.15) is 18.4 Å². The Kier molecular flexibility index (Phi) is 15.9. The van der Waals surface area contributed by atoms with E-state index in [1.165, 1.54) is 0 Å². The Morgan fingerprint density at radius 3 is 1.84 bits per heavy atom. The zero-order valence-corrected chi connectivity index (χ0v) is 21.4. The second-order valence-electron chi connectivity index (χ2n) is 9.07. The van der Waals surface area contributed by atoms with E-state index in [2.05, 4.69) is 20.9 Å². The van der Waals surface area contributed by atoms with Gasteiger partial charge in [0.2, 0.25) is 29.5 Å². The fourth-order valence-corrected chi connectivity index (χ4v) is 3.21. The third kappa shape index (κ3) is 15.8. The quantitative estimate of drug-likeness (QED) is 0.0359. The van der Waals surface area contributed by atoms with Crippen molar-refractivity contribution >= 4 is 41.8 Å². The number of guanidine groups is 1. The predicted octanol–water partition coefficient (Wildman–Crippen LogP) is -3.40. The Hall–Kier alpha value is -3.75. The van der Waals surface area contributed by atoms with Gasteiger partial charge in [-0.2, -0.15) is 0 Å². The molecule has 0 aromatic rings. The van der Waals surface area contributed by atoms with Crippen LogP contribution in [-0.2, 0) is 28.8 Å². The average Bonchev–Trinajstić information content (AvgIpc) is 2.80. The fraction of sp³-hybridized carbons (Fsp3) is 0.682. The van der Waals surface area contributed by atoms with Crippen LogP contribution in [0.1, 0.15) is 58.8 Å². The average molecular weight is 528 g/mol. The lowest BCUT2D eigenvalue weighted by atomic mass is 10.0. The zero-order valence-electron chi connectivity index (χ0n) is 21.4. The summed E-state index contributed by atoms with van der Waals surface area (Å²) < 4.78 is 0. The van der Waals surface area contributed by atoms with Gasteiger partial charge in [0.05, 0.1) is 12.1 Å². The van der Waals surface area contributed by atoms with Crippen molar-refractivity contribution in [2.75, 3.05) is 6.54 Å². The Morgan fingerprint density at radius 2 is 1.32 bits per heavy atom. The summed E-state index contributed by atoms with van der Waals surface area (Å²) in [5.74, 6) is -3.37. The highest BCUT2D eigenvalue weighted by atomic mass is 16.2. The van der Waals surface area contributed by atoms with Crippen molar-refractivity contribution < 1.29 is 28.8 Å². The summed E-state index contributed by atoms with van der Waals surface area (Å²) >= 11 is 0. The van der Waals surface area contributed by atoms with Gasteiger partial charge < -0.3 is 49.4 Å². The summed E-state index contributed by atoms with van der Waals surface area (Å²) in [6, 6.07) is -4.19. The van der Waals surface area contributed by atoms with Crippen molar-refractivity contribution in [3.8, 4) is 0 Å². The smallest absolute Gasteiger partial charge is 0.243 e. The summed E-state index contributed by atoms with van der Waals surface area (Å²) in [6.07, 6.45) is 0.899. The number of rotatable bonds is 19. The van der Waals surface area contributed by atoms with Gasteiger partial charge in [0.25, 0.3) is 0 Å². The molecule has 0 unspecified atom stereocenters. The molecule has 0 bridgehead atoms. The highest BCUT2D eigenvalue weighted by Crippen LogP contribution is 2.08. The molecule has 0 saturated heterocycles. The van der Waals surface area contributed by atoms with Gasteiger partial charge in [-0.1, -0.05) is 13.8 Å².